The first-order valence-electron chi connectivity index (χ1n) is 18.3. The highest BCUT2D eigenvalue weighted by molar-refractivity contribution is 4.76. The molecule has 0 saturated carbocycles. The summed E-state index contributed by atoms with van der Waals surface area (Å²) in [6.07, 6.45) is 6.98. The second-order valence-corrected chi connectivity index (χ2v) is 11.7. The molecule has 0 aliphatic carbocycles. The number of nitrogens with zero attached hydrogens (tertiary/aromatic N) is 2. The van der Waals surface area contributed by atoms with Crippen LogP contribution in [-0.2, 0) is 0 Å². The molecule has 0 aromatic carbocycles. The van der Waals surface area contributed by atoms with E-state index in [4.69, 9.17) is 0 Å². The second-order valence-electron chi connectivity index (χ2n) is 11.7. The number of likely N-dealkylation sites (tertiary alicyclic amines) is 1. The molecular formula is C36H85N5. The Kier molecular flexibility index (Phi) is 41.9. The summed E-state index contributed by atoms with van der Waals surface area (Å²) in [4.78, 5) is 5.02. The van der Waals surface area contributed by atoms with Crippen LogP contribution in [0.1, 0.15) is 143 Å². The van der Waals surface area contributed by atoms with E-state index in [0.29, 0.717) is 0 Å². The molecule has 0 radical (unpaired) electrons. The van der Waals surface area contributed by atoms with E-state index in [2.05, 4.69) is 81.1 Å². The minimum absolute atomic E-state index is 0.729. The molecule has 5 heteroatoms. The predicted molar refractivity (Wildman–Crippen MR) is 193 cm³/mol. The zero-order valence-corrected chi connectivity index (χ0v) is 31.8. The van der Waals surface area contributed by atoms with Crippen molar-refractivity contribution in [1.29, 1.82) is 0 Å². The summed E-state index contributed by atoms with van der Waals surface area (Å²) < 4.78 is 0. The van der Waals surface area contributed by atoms with Gasteiger partial charge in [0.25, 0.3) is 0 Å². The maximum atomic E-state index is 3.46. The number of hydrogen-bond acceptors (Lipinski definition) is 5. The molecule has 4 aliphatic rings. The Morgan fingerprint density at radius 3 is 1.17 bits per heavy atom. The quantitative estimate of drug-likeness (QED) is 0.307. The van der Waals surface area contributed by atoms with Crippen molar-refractivity contribution in [3.05, 3.63) is 0 Å². The van der Waals surface area contributed by atoms with Crippen molar-refractivity contribution >= 4 is 0 Å². The summed E-state index contributed by atoms with van der Waals surface area (Å²) in [5.41, 5.74) is 0. The Morgan fingerprint density at radius 2 is 0.951 bits per heavy atom. The fraction of sp³-hybridized carbons (Fsp3) is 1.00. The molecular weight excluding hydrogens is 502 g/mol. The van der Waals surface area contributed by atoms with Crippen molar-refractivity contribution in [2.75, 3.05) is 58.9 Å². The van der Waals surface area contributed by atoms with Crippen LogP contribution in [0.5, 0.6) is 0 Å². The molecule has 0 bridgehead atoms. The van der Waals surface area contributed by atoms with Crippen molar-refractivity contribution in [2.24, 2.45) is 17.8 Å². The molecule has 0 aromatic heterocycles. The molecule has 4 saturated heterocycles. The smallest absolute Gasteiger partial charge is 0.0110 e. The van der Waals surface area contributed by atoms with Gasteiger partial charge in [-0.25, -0.2) is 0 Å². The fourth-order valence-electron chi connectivity index (χ4n) is 4.98. The van der Waals surface area contributed by atoms with Gasteiger partial charge in [0.05, 0.1) is 0 Å². The third kappa shape index (κ3) is 28.3. The molecule has 254 valence electrons. The van der Waals surface area contributed by atoms with E-state index in [-0.39, 0.29) is 0 Å². The Morgan fingerprint density at radius 1 is 0.488 bits per heavy atom. The average Bonchev–Trinajstić information content (AvgIpc) is 3.83. The second kappa shape index (κ2) is 36.0. The van der Waals surface area contributed by atoms with Gasteiger partial charge in [-0.2, -0.15) is 0 Å². The maximum absolute atomic E-state index is 3.46. The molecule has 2 unspecified atom stereocenters. The summed E-state index contributed by atoms with van der Waals surface area (Å²) in [5.74, 6) is 2.66. The van der Waals surface area contributed by atoms with Crippen molar-refractivity contribution in [3.63, 3.8) is 0 Å². The largest absolute Gasteiger partial charge is 0.316 e. The number of rotatable bonds is 4. The van der Waals surface area contributed by atoms with Gasteiger partial charge in [0.15, 0.2) is 0 Å². The van der Waals surface area contributed by atoms with E-state index in [1.807, 2.05) is 55.4 Å². The first kappa shape index (κ1) is 47.7. The summed E-state index contributed by atoms with van der Waals surface area (Å²) >= 11 is 0. The summed E-state index contributed by atoms with van der Waals surface area (Å²) in [7, 11) is 0. The minimum Gasteiger partial charge on any atom is -0.316 e. The van der Waals surface area contributed by atoms with Crippen molar-refractivity contribution in [1.82, 2.24) is 25.8 Å². The van der Waals surface area contributed by atoms with Gasteiger partial charge in [0.2, 0.25) is 0 Å². The molecule has 4 fully saturated rings. The Labute approximate surface area is 263 Å². The number of hydrogen-bond donors (Lipinski definition) is 3. The standard InChI is InChI=1S/C7H16N2.3C7H15N.4C2H6/c1-7(2)9-5-3-8-4-6-9;1-6(2)7-3-4-8-5-7;1-7(2)8-5-3-4-6-8;1-6(2)7-4-3-5-8-7;4*1-2/h7-8H,3-6H2,1-2H3;6-8H,3-5H2,1-2H3;7H,3-6H2,1-2H3;6-8H,3-5H2,1-2H3;4*1-2H3. The van der Waals surface area contributed by atoms with Crippen LogP contribution in [0.25, 0.3) is 0 Å². The van der Waals surface area contributed by atoms with Crippen LogP contribution in [-0.4, -0.2) is 86.8 Å². The van der Waals surface area contributed by atoms with Gasteiger partial charge in [0, 0.05) is 44.3 Å². The highest BCUT2D eigenvalue weighted by Gasteiger charge is 2.17. The lowest BCUT2D eigenvalue weighted by Gasteiger charge is -2.30. The zero-order chi connectivity index (χ0) is 32.6. The summed E-state index contributed by atoms with van der Waals surface area (Å²) in [6.45, 7) is 45.4. The Balaban J connectivity index is -0.000000206. The van der Waals surface area contributed by atoms with Gasteiger partial charge in [-0.15, -0.1) is 0 Å². The van der Waals surface area contributed by atoms with Crippen molar-refractivity contribution < 1.29 is 0 Å². The summed E-state index contributed by atoms with van der Waals surface area (Å²) in [6, 6.07) is 2.32. The van der Waals surface area contributed by atoms with E-state index >= 15 is 0 Å². The van der Waals surface area contributed by atoms with E-state index in [1.165, 1.54) is 77.9 Å². The summed E-state index contributed by atoms with van der Waals surface area (Å²) in [5, 5.41) is 10.1. The van der Waals surface area contributed by atoms with Crippen LogP contribution < -0.4 is 16.0 Å². The van der Waals surface area contributed by atoms with Crippen LogP contribution in [0.4, 0.5) is 0 Å². The molecule has 5 nitrogen and oxygen atoms in total. The number of piperazine rings is 1. The maximum Gasteiger partial charge on any atom is 0.0110 e. The third-order valence-corrected chi connectivity index (χ3v) is 7.70. The highest BCUT2D eigenvalue weighted by Crippen LogP contribution is 2.17. The molecule has 4 aliphatic heterocycles. The van der Waals surface area contributed by atoms with E-state index in [0.717, 1.165) is 49.0 Å². The first-order valence-corrected chi connectivity index (χ1v) is 18.3. The van der Waals surface area contributed by atoms with Gasteiger partial charge < -0.3 is 20.9 Å². The monoisotopic (exact) mass is 588 g/mol. The minimum atomic E-state index is 0.729. The predicted octanol–water partition coefficient (Wildman–Crippen LogP) is 8.54. The van der Waals surface area contributed by atoms with Gasteiger partial charge in [0.1, 0.15) is 0 Å². The van der Waals surface area contributed by atoms with E-state index in [1.54, 1.807) is 0 Å². The van der Waals surface area contributed by atoms with E-state index < -0.39 is 0 Å². The molecule has 0 spiro atoms. The topological polar surface area (TPSA) is 42.6 Å². The third-order valence-electron chi connectivity index (χ3n) is 7.70. The van der Waals surface area contributed by atoms with Crippen LogP contribution in [0, 0.1) is 17.8 Å². The van der Waals surface area contributed by atoms with E-state index in [9.17, 15) is 0 Å². The Hall–Kier alpha value is -0.200. The lowest BCUT2D eigenvalue weighted by atomic mass is 9.96. The average molecular weight is 588 g/mol. The van der Waals surface area contributed by atoms with Gasteiger partial charge in [-0.1, -0.05) is 83.1 Å². The SMILES string of the molecule is CC.CC.CC.CC.CC(C)C1CCCN1.CC(C)C1CCNC1.CC(C)N1CCCC1.CC(C)N1CCNCC1. The lowest BCUT2D eigenvalue weighted by Crippen LogP contribution is -2.46. The normalized spacial score (nSPS) is 21.7. The molecule has 0 aromatic rings. The molecule has 3 N–H and O–H groups in total. The lowest BCUT2D eigenvalue weighted by molar-refractivity contribution is 0.196. The molecule has 0 amide bonds. The van der Waals surface area contributed by atoms with Gasteiger partial charge in [-0.3, -0.25) is 4.90 Å². The molecule has 4 heterocycles. The zero-order valence-electron chi connectivity index (χ0n) is 31.8. The molecule has 4 rings (SSSR count). The van der Waals surface area contributed by atoms with Gasteiger partial charge >= 0.3 is 0 Å². The fourth-order valence-corrected chi connectivity index (χ4v) is 4.98. The molecule has 41 heavy (non-hydrogen) atoms. The Bertz CT molecular complexity index is 382. The van der Waals surface area contributed by atoms with Crippen LogP contribution in [0.15, 0.2) is 0 Å². The number of nitrogens with one attached hydrogen (secondary N) is 3. The van der Waals surface area contributed by atoms with Crippen LogP contribution in [0.3, 0.4) is 0 Å². The highest BCUT2D eigenvalue weighted by atomic mass is 15.2. The van der Waals surface area contributed by atoms with Crippen molar-refractivity contribution in [3.8, 4) is 0 Å². The van der Waals surface area contributed by atoms with Crippen LogP contribution in [0.2, 0.25) is 0 Å². The van der Waals surface area contributed by atoms with Crippen LogP contribution >= 0.6 is 0 Å². The molecule has 2 atom stereocenters. The van der Waals surface area contributed by atoms with Gasteiger partial charge in [-0.05, 0) is 110 Å². The first-order chi connectivity index (χ1) is 19.7. The van der Waals surface area contributed by atoms with Crippen molar-refractivity contribution in [2.45, 2.75) is 161 Å².